The number of carbonyl (C=O) groups excluding carboxylic acids is 2. The largest absolute Gasteiger partial charge is 0.507 e. The summed E-state index contributed by atoms with van der Waals surface area (Å²) >= 11 is 0. The third-order valence-electron chi connectivity index (χ3n) is 5.68. The zero-order valence-electron chi connectivity index (χ0n) is 19.8. The molecule has 2 aromatic rings. The summed E-state index contributed by atoms with van der Waals surface area (Å²) in [7, 11) is 2.99. The number of aryl methyl sites for hydroxylation is 1. The lowest BCUT2D eigenvalue weighted by molar-refractivity contribution is -0.140. The quantitative estimate of drug-likeness (QED) is 0.264. The number of ether oxygens (including phenoxy) is 3. The number of amides is 1. The van der Waals surface area contributed by atoms with Crippen molar-refractivity contribution in [1.29, 1.82) is 0 Å². The molecular weight excluding hydrogens is 422 g/mol. The zero-order valence-corrected chi connectivity index (χ0v) is 19.8. The third kappa shape index (κ3) is 5.03. The van der Waals surface area contributed by atoms with Crippen LogP contribution in [0.4, 0.5) is 0 Å². The van der Waals surface area contributed by atoms with E-state index in [0.29, 0.717) is 31.1 Å². The molecule has 0 bridgehead atoms. The van der Waals surface area contributed by atoms with E-state index in [1.807, 2.05) is 45.0 Å². The number of ketones is 1. The lowest BCUT2D eigenvalue weighted by atomic mass is 9.92. The summed E-state index contributed by atoms with van der Waals surface area (Å²) in [6.45, 7) is 6.60. The van der Waals surface area contributed by atoms with Crippen molar-refractivity contribution in [2.45, 2.75) is 39.3 Å². The van der Waals surface area contributed by atoms with E-state index in [1.165, 1.54) is 19.1 Å². The minimum Gasteiger partial charge on any atom is -0.507 e. The molecule has 0 saturated carbocycles. The van der Waals surface area contributed by atoms with Gasteiger partial charge in [0, 0.05) is 13.2 Å². The molecule has 1 unspecified atom stereocenters. The molecule has 7 heteroatoms. The Morgan fingerprint density at radius 3 is 2.45 bits per heavy atom. The molecule has 1 N–H and O–H groups in total. The maximum atomic E-state index is 13.2. The van der Waals surface area contributed by atoms with E-state index in [2.05, 4.69) is 0 Å². The smallest absolute Gasteiger partial charge is 0.295 e. The molecule has 1 amide bonds. The van der Waals surface area contributed by atoms with Crippen LogP contribution in [0.2, 0.25) is 0 Å². The SMILES string of the molecule is COc1ccc(OC)c(/C(O)=C2\C(=O)C(=O)N(CCCOC(C)C)C2c2ccccc2C)c1. The van der Waals surface area contributed by atoms with Gasteiger partial charge >= 0.3 is 0 Å². The fraction of sp³-hybridized carbons (Fsp3) is 0.385. The Morgan fingerprint density at radius 1 is 1.09 bits per heavy atom. The molecule has 0 radical (unpaired) electrons. The average molecular weight is 454 g/mol. The lowest BCUT2D eigenvalue weighted by Crippen LogP contribution is -2.31. The Labute approximate surface area is 194 Å². The van der Waals surface area contributed by atoms with Gasteiger partial charge in [0.05, 0.1) is 37.5 Å². The van der Waals surface area contributed by atoms with Crippen molar-refractivity contribution < 1.29 is 28.9 Å². The van der Waals surface area contributed by atoms with Gasteiger partial charge in [0.25, 0.3) is 11.7 Å². The normalized spacial score (nSPS) is 17.6. The molecule has 1 heterocycles. The monoisotopic (exact) mass is 453 g/mol. The van der Waals surface area contributed by atoms with Crippen LogP contribution in [-0.2, 0) is 14.3 Å². The Kier molecular flexibility index (Phi) is 7.76. The van der Waals surface area contributed by atoms with Gasteiger partial charge < -0.3 is 24.2 Å². The fourth-order valence-corrected chi connectivity index (χ4v) is 4.03. The Hall–Kier alpha value is -3.32. The zero-order chi connectivity index (χ0) is 24.1. The first-order valence-electron chi connectivity index (χ1n) is 11.0. The second kappa shape index (κ2) is 10.5. The highest BCUT2D eigenvalue weighted by molar-refractivity contribution is 6.46. The van der Waals surface area contributed by atoms with Crippen molar-refractivity contribution in [3.8, 4) is 11.5 Å². The van der Waals surface area contributed by atoms with Crippen LogP contribution in [0.25, 0.3) is 5.76 Å². The van der Waals surface area contributed by atoms with Gasteiger partial charge in [-0.2, -0.15) is 0 Å². The highest BCUT2D eigenvalue weighted by Crippen LogP contribution is 2.42. The summed E-state index contributed by atoms with van der Waals surface area (Å²) in [5.74, 6) is -0.803. The Bertz CT molecular complexity index is 1060. The first kappa shape index (κ1) is 24.3. The van der Waals surface area contributed by atoms with Crippen LogP contribution in [0.15, 0.2) is 48.0 Å². The van der Waals surface area contributed by atoms with Crippen molar-refractivity contribution in [2.75, 3.05) is 27.4 Å². The molecule has 1 fully saturated rings. The standard InChI is InChI=1S/C26H31NO6/c1-16(2)33-14-8-13-27-23(19-10-7-6-9-17(19)3)22(25(29)26(27)30)24(28)20-15-18(31-4)11-12-21(20)32-5/h6-7,9-12,15-16,23,28H,8,13-14H2,1-5H3/b24-22+. The van der Waals surface area contributed by atoms with Gasteiger partial charge in [-0.05, 0) is 56.5 Å². The van der Waals surface area contributed by atoms with Crippen LogP contribution in [0.3, 0.4) is 0 Å². The van der Waals surface area contributed by atoms with Gasteiger partial charge in [0.1, 0.15) is 17.3 Å². The van der Waals surface area contributed by atoms with E-state index >= 15 is 0 Å². The number of benzene rings is 2. The molecule has 1 saturated heterocycles. The van der Waals surface area contributed by atoms with Crippen LogP contribution < -0.4 is 9.47 Å². The summed E-state index contributed by atoms with van der Waals surface area (Å²) in [4.78, 5) is 27.8. The number of aliphatic hydroxyl groups is 1. The van der Waals surface area contributed by atoms with E-state index in [1.54, 1.807) is 18.2 Å². The van der Waals surface area contributed by atoms with Gasteiger partial charge in [-0.25, -0.2) is 0 Å². The molecule has 33 heavy (non-hydrogen) atoms. The van der Waals surface area contributed by atoms with Crippen LogP contribution in [-0.4, -0.2) is 55.2 Å². The fourth-order valence-electron chi connectivity index (χ4n) is 4.03. The molecule has 176 valence electrons. The number of hydrogen-bond donors (Lipinski definition) is 1. The van der Waals surface area contributed by atoms with Crippen molar-refractivity contribution in [1.82, 2.24) is 4.90 Å². The number of hydrogen-bond acceptors (Lipinski definition) is 6. The number of likely N-dealkylation sites (tertiary alicyclic amines) is 1. The summed E-state index contributed by atoms with van der Waals surface area (Å²) in [6, 6.07) is 11.8. The molecule has 0 spiro atoms. The molecule has 3 rings (SSSR count). The van der Waals surface area contributed by atoms with Crippen LogP contribution in [0, 0.1) is 6.92 Å². The lowest BCUT2D eigenvalue weighted by Gasteiger charge is -2.26. The highest BCUT2D eigenvalue weighted by atomic mass is 16.5. The van der Waals surface area contributed by atoms with Crippen LogP contribution in [0.5, 0.6) is 11.5 Å². The van der Waals surface area contributed by atoms with E-state index in [0.717, 1.165) is 11.1 Å². The van der Waals surface area contributed by atoms with Gasteiger partial charge in [0.2, 0.25) is 0 Å². The Morgan fingerprint density at radius 2 is 1.82 bits per heavy atom. The second-order valence-corrected chi connectivity index (χ2v) is 8.19. The first-order chi connectivity index (χ1) is 15.8. The molecule has 0 aromatic heterocycles. The topological polar surface area (TPSA) is 85.3 Å². The van der Waals surface area contributed by atoms with Gasteiger partial charge in [-0.15, -0.1) is 0 Å². The molecular formula is C26H31NO6. The average Bonchev–Trinajstić information content (AvgIpc) is 3.05. The van der Waals surface area contributed by atoms with E-state index < -0.39 is 17.7 Å². The number of Topliss-reactive ketones (excluding diaryl/α,β-unsaturated/α-hetero) is 1. The number of aliphatic hydroxyl groups excluding tert-OH is 1. The van der Waals surface area contributed by atoms with Gasteiger partial charge in [-0.1, -0.05) is 24.3 Å². The summed E-state index contributed by atoms with van der Waals surface area (Å²) in [5, 5.41) is 11.3. The van der Waals surface area contributed by atoms with E-state index in [4.69, 9.17) is 14.2 Å². The third-order valence-corrected chi connectivity index (χ3v) is 5.68. The maximum absolute atomic E-state index is 13.2. The molecule has 1 aliphatic heterocycles. The molecule has 1 atom stereocenters. The molecule has 1 aliphatic rings. The minimum atomic E-state index is -0.726. The molecule has 2 aromatic carbocycles. The molecule has 0 aliphatic carbocycles. The van der Waals surface area contributed by atoms with Crippen molar-refractivity contribution in [2.24, 2.45) is 0 Å². The number of nitrogens with zero attached hydrogens (tertiary/aromatic N) is 1. The van der Waals surface area contributed by atoms with Crippen LogP contribution >= 0.6 is 0 Å². The first-order valence-corrected chi connectivity index (χ1v) is 11.0. The second-order valence-electron chi connectivity index (χ2n) is 8.19. The van der Waals surface area contributed by atoms with Crippen molar-refractivity contribution in [3.63, 3.8) is 0 Å². The predicted molar refractivity (Wildman–Crippen MR) is 125 cm³/mol. The highest BCUT2D eigenvalue weighted by Gasteiger charge is 2.46. The number of rotatable bonds is 9. The predicted octanol–water partition coefficient (Wildman–Crippen LogP) is 4.25. The van der Waals surface area contributed by atoms with Crippen molar-refractivity contribution in [3.05, 3.63) is 64.7 Å². The Balaban J connectivity index is 2.13. The van der Waals surface area contributed by atoms with Gasteiger partial charge in [0.15, 0.2) is 0 Å². The number of carbonyl (C=O) groups is 2. The molecule has 7 nitrogen and oxygen atoms in total. The van der Waals surface area contributed by atoms with Crippen molar-refractivity contribution >= 4 is 17.4 Å². The summed E-state index contributed by atoms with van der Waals surface area (Å²) in [5.41, 5.74) is 2.02. The van der Waals surface area contributed by atoms with Gasteiger partial charge in [-0.3, -0.25) is 9.59 Å². The van der Waals surface area contributed by atoms with E-state index in [9.17, 15) is 14.7 Å². The summed E-state index contributed by atoms with van der Waals surface area (Å²) in [6.07, 6.45) is 0.643. The minimum absolute atomic E-state index is 0.0330. The maximum Gasteiger partial charge on any atom is 0.295 e. The van der Waals surface area contributed by atoms with E-state index in [-0.39, 0.29) is 23.0 Å². The summed E-state index contributed by atoms with van der Waals surface area (Å²) < 4.78 is 16.3. The number of methoxy groups -OCH3 is 2. The van der Waals surface area contributed by atoms with Crippen LogP contribution in [0.1, 0.15) is 43.0 Å².